The predicted molar refractivity (Wildman–Crippen MR) is 80.2 cm³/mol. The molecule has 1 fully saturated rings. The van der Waals surface area contributed by atoms with Gasteiger partial charge in [0.15, 0.2) is 6.04 Å². The lowest BCUT2D eigenvalue weighted by Gasteiger charge is -2.41. The van der Waals surface area contributed by atoms with Gasteiger partial charge >= 0.3 is 16.1 Å². The Bertz CT molecular complexity index is 737. The molecule has 1 aliphatic rings. The topological polar surface area (TPSA) is 83.9 Å². The first-order valence-electron chi connectivity index (χ1n) is 6.54. The number of para-hydroxylation sites is 2. The number of cyclic esters (lactones) is 1. The van der Waals surface area contributed by atoms with Gasteiger partial charge in [0.1, 0.15) is 0 Å². The monoisotopic (exact) mass is 319 g/mol. The second kappa shape index (κ2) is 5.43. The van der Waals surface area contributed by atoms with E-state index in [0.717, 1.165) is 0 Å². The third-order valence-electron chi connectivity index (χ3n) is 3.37. The summed E-state index contributed by atoms with van der Waals surface area (Å²) >= 11 is 0. The molecule has 0 aromatic heterocycles. The zero-order valence-electron chi connectivity index (χ0n) is 11.4. The molecule has 1 saturated heterocycles. The number of anilines is 2. The Morgan fingerprint density at radius 3 is 1.73 bits per heavy atom. The molecule has 0 bridgehead atoms. The molecule has 7 heteroatoms. The number of carbonyl (C=O) groups is 1. The summed E-state index contributed by atoms with van der Waals surface area (Å²) in [6, 6.07) is 16.6. The fourth-order valence-electron chi connectivity index (χ4n) is 2.39. The van der Waals surface area contributed by atoms with Crippen molar-refractivity contribution in [3.8, 4) is 0 Å². The van der Waals surface area contributed by atoms with Gasteiger partial charge in [0.05, 0.1) is 0 Å². The summed E-state index contributed by atoms with van der Waals surface area (Å²) in [6.45, 7) is 0. The van der Waals surface area contributed by atoms with Crippen molar-refractivity contribution >= 4 is 27.5 Å². The van der Waals surface area contributed by atoms with Crippen LogP contribution in [0, 0.1) is 0 Å². The van der Waals surface area contributed by atoms with Crippen LogP contribution in [0.2, 0.25) is 0 Å². The van der Waals surface area contributed by atoms with Gasteiger partial charge in [-0.15, -0.1) is 0 Å². The molecule has 0 radical (unpaired) electrons. The smallest absolute Gasteiger partial charge is 0.335 e. The molecule has 2 aromatic rings. The van der Waals surface area contributed by atoms with Crippen molar-refractivity contribution in [2.75, 3.05) is 4.90 Å². The summed E-state index contributed by atoms with van der Waals surface area (Å²) < 4.78 is 36.6. The lowest BCUT2D eigenvalue weighted by molar-refractivity contribution is -0.165. The molecule has 3 rings (SSSR count). The summed E-state index contributed by atoms with van der Waals surface area (Å²) in [6.07, 6.45) is 0. The number of ether oxygens (including phenoxy) is 1. The highest BCUT2D eigenvalue weighted by Gasteiger charge is 2.54. The van der Waals surface area contributed by atoms with Crippen molar-refractivity contribution in [1.29, 1.82) is 0 Å². The van der Waals surface area contributed by atoms with Crippen molar-refractivity contribution in [2.24, 2.45) is 0 Å². The normalized spacial score (nSPS) is 20.9. The highest BCUT2D eigenvalue weighted by Crippen LogP contribution is 2.35. The zero-order valence-corrected chi connectivity index (χ0v) is 12.2. The van der Waals surface area contributed by atoms with Crippen LogP contribution >= 0.6 is 0 Å². The van der Waals surface area contributed by atoms with Gasteiger partial charge in [0, 0.05) is 11.4 Å². The van der Waals surface area contributed by atoms with E-state index in [2.05, 4.69) is 4.74 Å². The lowest BCUT2D eigenvalue weighted by atomic mass is 10.1. The van der Waals surface area contributed by atoms with E-state index in [0.29, 0.717) is 11.4 Å². The second-order valence-electron chi connectivity index (χ2n) is 4.81. The highest BCUT2D eigenvalue weighted by atomic mass is 32.2. The van der Waals surface area contributed by atoms with Gasteiger partial charge in [-0.25, -0.2) is 4.79 Å². The van der Waals surface area contributed by atoms with Crippen LogP contribution in [0.15, 0.2) is 60.7 Å². The Morgan fingerprint density at radius 1 is 0.909 bits per heavy atom. The average molecular weight is 319 g/mol. The van der Waals surface area contributed by atoms with Crippen LogP contribution in [0.1, 0.15) is 0 Å². The minimum atomic E-state index is -4.49. The molecule has 0 amide bonds. The minimum Gasteiger partial charge on any atom is -0.439 e. The second-order valence-corrected chi connectivity index (χ2v) is 6.30. The molecule has 2 unspecified atom stereocenters. The number of hydrogen-bond acceptors (Lipinski definition) is 5. The maximum absolute atomic E-state index is 11.8. The summed E-state index contributed by atoms with van der Waals surface area (Å²) in [5.41, 5.74) is -0.339. The van der Waals surface area contributed by atoms with Crippen molar-refractivity contribution in [1.82, 2.24) is 0 Å². The van der Waals surface area contributed by atoms with Crippen LogP contribution in [0.3, 0.4) is 0 Å². The van der Waals surface area contributed by atoms with E-state index in [1.54, 1.807) is 53.4 Å². The van der Waals surface area contributed by atoms with Crippen molar-refractivity contribution in [3.05, 3.63) is 60.7 Å². The minimum absolute atomic E-state index is 0.629. The van der Waals surface area contributed by atoms with Gasteiger partial charge in [-0.2, -0.15) is 8.42 Å². The molecule has 0 saturated carbocycles. The first-order valence-corrected chi connectivity index (χ1v) is 8.05. The highest BCUT2D eigenvalue weighted by molar-refractivity contribution is 7.86. The fraction of sp³-hybridized carbons (Fsp3) is 0.133. The summed E-state index contributed by atoms with van der Waals surface area (Å²) in [5, 5.41) is 0. The number of benzene rings is 2. The summed E-state index contributed by atoms with van der Waals surface area (Å²) in [4.78, 5) is 13.4. The third-order valence-corrected chi connectivity index (χ3v) is 4.31. The summed E-state index contributed by atoms with van der Waals surface area (Å²) in [7, 11) is -4.49. The molecular weight excluding hydrogens is 306 g/mol. The molecule has 114 valence electrons. The third kappa shape index (κ3) is 2.56. The molecule has 22 heavy (non-hydrogen) atoms. The SMILES string of the molecule is O=C1OC(S(=O)(=O)O)C1N(c1ccccc1)c1ccccc1. The number of esters is 1. The van der Waals surface area contributed by atoms with E-state index < -0.39 is 27.6 Å². The molecule has 1 aliphatic heterocycles. The van der Waals surface area contributed by atoms with E-state index in [1.807, 2.05) is 12.1 Å². The average Bonchev–Trinajstić information content (AvgIpc) is 2.50. The van der Waals surface area contributed by atoms with Crippen molar-refractivity contribution in [2.45, 2.75) is 11.5 Å². The van der Waals surface area contributed by atoms with E-state index in [-0.39, 0.29) is 0 Å². The number of rotatable bonds is 4. The standard InChI is InChI=1S/C15H13NO5S/c17-14-13(15(21-14)22(18,19)20)16(11-7-3-1-4-8-11)12-9-5-2-6-10-12/h1-10,13,15H,(H,18,19,20). The van der Waals surface area contributed by atoms with Crippen LogP contribution in [0.25, 0.3) is 0 Å². The molecule has 0 spiro atoms. The zero-order chi connectivity index (χ0) is 15.7. The Labute approximate surface area is 127 Å². The van der Waals surface area contributed by atoms with Gasteiger partial charge < -0.3 is 9.64 Å². The maximum atomic E-state index is 11.8. The quantitative estimate of drug-likeness (QED) is 0.685. The van der Waals surface area contributed by atoms with Crippen LogP contribution < -0.4 is 4.90 Å². The van der Waals surface area contributed by atoms with E-state index >= 15 is 0 Å². The number of nitrogens with zero attached hydrogens (tertiary/aromatic N) is 1. The largest absolute Gasteiger partial charge is 0.439 e. The van der Waals surface area contributed by atoms with Crippen molar-refractivity contribution in [3.63, 3.8) is 0 Å². The molecule has 2 aromatic carbocycles. The Morgan fingerprint density at radius 2 is 1.36 bits per heavy atom. The van der Waals surface area contributed by atoms with Gasteiger partial charge in [-0.3, -0.25) is 4.55 Å². The van der Waals surface area contributed by atoms with Crippen LogP contribution in [0.5, 0.6) is 0 Å². The van der Waals surface area contributed by atoms with E-state index in [4.69, 9.17) is 0 Å². The number of hydrogen-bond donors (Lipinski definition) is 1. The van der Waals surface area contributed by atoms with E-state index in [9.17, 15) is 17.8 Å². The first kappa shape index (κ1) is 14.6. The first-order chi connectivity index (χ1) is 10.5. The van der Waals surface area contributed by atoms with Gasteiger partial charge in [-0.1, -0.05) is 36.4 Å². The van der Waals surface area contributed by atoms with Crippen molar-refractivity contribution < 1.29 is 22.5 Å². The lowest BCUT2D eigenvalue weighted by Crippen LogP contribution is -2.61. The molecule has 6 nitrogen and oxygen atoms in total. The molecular formula is C15H13NO5S. The Balaban J connectivity index is 2.09. The van der Waals surface area contributed by atoms with E-state index in [1.165, 1.54) is 0 Å². The predicted octanol–water partition coefficient (Wildman–Crippen LogP) is 1.96. The molecule has 0 aliphatic carbocycles. The summed E-state index contributed by atoms with van der Waals surface area (Å²) in [5.74, 6) is -0.699. The Kier molecular flexibility index (Phi) is 3.59. The fourth-order valence-corrected chi connectivity index (χ4v) is 3.16. The maximum Gasteiger partial charge on any atom is 0.335 e. The van der Waals surface area contributed by atoms with Gasteiger partial charge in [0.2, 0.25) is 0 Å². The molecule has 1 N–H and O–H groups in total. The van der Waals surface area contributed by atoms with Gasteiger partial charge in [0.25, 0.3) is 5.44 Å². The molecule has 1 heterocycles. The Hall–Kier alpha value is -2.38. The van der Waals surface area contributed by atoms with Crippen LogP contribution in [-0.2, 0) is 19.6 Å². The van der Waals surface area contributed by atoms with Gasteiger partial charge in [-0.05, 0) is 24.3 Å². The molecule has 2 atom stereocenters. The van der Waals surface area contributed by atoms with Crippen LogP contribution in [-0.4, -0.2) is 30.4 Å². The van der Waals surface area contributed by atoms with Crippen LogP contribution in [0.4, 0.5) is 11.4 Å². The number of carbonyl (C=O) groups excluding carboxylic acids is 1.